The second kappa shape index (κ2) is 9.84. The summed E-state index contributed by atoms with van der Waals surface area (Å²) >= 11 is 1.62. The number of anilines is 1. The van der Waals surface area contributed by atoms with Crippen LogP contribution in [0.4, 0.5) is 5.00 Å². The molecule has 0 saturated heterocycles. The van der Waals surface area contributed by atoms with Crippen molar-refractivity contribution in [3.63, 3.8) is 0 Å². The summed E-state index contributed by atoms with van der Waals surface area (Å²) in [4.78, 5) is 13.5. The highest BCUT2D eigenvalue weighted by molar-refractivity contribution is 7.16. The van der Waals surface area contributed by atoms with E-state index in [1.807, 2.05) is 0 Å². The molecule has 0 spiro atoms. The average molecular weight is 347 g/mol. The maximum absolute atomic E-state index is 12.2. The molecule has 1 N–H and O–H groups in total. The number of nitrogens with zero attached hydrogens (tertiary/aromatic N) is 1. The number of unbranched alkanes of at least 4 members (excludes halogenated alkanes) is 6. The van der Waals surface area contributed by atoms with E-state index in [1.165, 1.54) is 42.5 Å². The third-order valence-corrected chi connectivity index (χ3v) is 6.05. The number of nitrogens with one attached hydrogen (secondary N) is 1. The van der Waals surface area contributed by atoms with Gasteiger partial charge in [-0.2, -0.15) is 5.26 Å². The predicted molar refractivity (Wildman–Crippen MR) is 101 cm³/mol. The molecular formula is C20H30N2OS. The van der Waals surface area contributed by atoms with E-state index < -0.39 is 0 Å². The SMILES string of the molecule is CCCCCCCCCC(=O)Nc1sc2c(c1C#N)CC[C@H](C)C2. The summed E-state index contributed by atoms with van der Waals surface area (Å²) in [5.74, 6) is 0.741. The van der Waals surface area contributed by atoms with Crippen LogP contribution in [0.15, 0.2) is 0 Å². The zero-order valence-electron chi connectivity index (χ0n) is 15.1. The Hall–Kier alpha value is -1.34. The van der Waals surface area contributed by atoms with Crippen LogP contribution in [-0.2, 0) is 17.6 Å². The van der Waals surface area contributed by atoms with Crippen molar-refractivity contribution in [2.45, 2.75) is 84.5 Å². The van der Waals surface area contributed by atoms with E-state index in [4.69, 9.17) is 0 Å². The van der Waals surface area contributed by atoms with E-state index in [9.17, 15) is 10.1 Å². The van der Waals surface area contributed by atoms with Crippen LogP contribution >= 0.6 is 11.3 Å². The van der Waals surface area contributed by atoms with Gasteiger partial charge in [0.15, 0.2) is 0 Å². The molecule has 1 aliphatic carbocycles. The van der Waals surface area contributed by atoms with E-state index in [0.717, 1.165) is 42.7 Å². The number of thiophene rings is 1. The number of rotatable bonds is 9. The van der Waals surface area contributed by atoms with Crippen LogP contribution in [0.2, 0.25) is 0 Å². The molecule has 0 unspecified atom stereocenters. The van der Waals surface area contributed by atoms with Crippen LogP contribution in [0.25, 0.3) is 0 Å². The highest BCUT2D eigenvalue weighted by Crippen LogP contribution is 2.39. The monoisotopic (exact) mass is 346 g/mol. The van der Waals surface area contributed by atoms with Gasteiger partial charge in [0, 0.05) is 11.3 Å². The molecule has 1 heterocycles. The molecule has 2 rings (SSSR count). The molecule has 0 aromatic carbocycles. The number of carbonyl (C=O) groups is 1. The van der Waals surface area contributed by atoms with Gasteiger partial charge in [-0.05, 0) is 37.2 Å². The van der Waals surface area contributed by atoms with Crippen LogP contribution in [-0.4, -0.2) is 5.91 Å². The topological polar surface area (TPSA) is 52.9 Å². The van der Waals surface area contributed by atoms with Gasteiger partial charge >= 0.3 is 0 Å². The van der Waals surface area contributed by atoms with E-state index in [0.29, 0.717) is 12.3 Å². The highest BCUT2D eigenvalue weighted by Gasteiger charge is 2.24. The zero-order valence-corrected chi connectivity index (χ0v) is 15.9. The number of nitriles is 1. The number of amides is 1. The summed E-state index contributed by atoms with van der Waals surface area (Å²) in [5.41, 5.74) is 1.90. The van der Waals surface area contributed by atoms with E-state index >= 15 is 0 Å². The van der Waals surface area contributed by atoms with Crippen LogP contribution in [0.1, 0.15) is 87.6 Å². The van der Waals surface area contributed by atoms with Gasteiger partial charge in [0.25, 0.3) is 0 Å². The van der Waals surface area contributed by atoms with Crippen LogP contribution in [0.5, 0.6) is 0 Å². The van der Waals surface area contributed by atoms with Crippen LogP contribution in [0, 0.1) is 17.2 Å². The fourth-order valence-electron chi connectivity index (χ4n) is 3.39. The molecule has 1 aliphatic rings. The first kappa shape index (κ1) is 19.0. The van der Waals surface area contributed by atoms with Crippen LogP contribution < -0.4 is 5.32 Å². The fourth-order valence-corrected chi connectivity index (χ4v) is 4.77. The van der Waals surface area contributed by atoms with Crippen molar-refractivity contribution in [2.24, 2.45) is 5.92 Å². The second-order valence-corrected chi connectivity index (χ2v) is 8.19. The van der Waals surface area contributed by atoms with Gasteiger partial charge in [-0.15, -0.1) is 11.3 Å². The van der Waals surface area contributed by atoms with Crippen molar-refractivity contribution in [1.82, 2.24) is 0 Å². The zero-order chi connectivity index (χ0) is 17.4. The lowest BCUT2D eigenvalue weighted by molar-refractivity contribution is -0.116. The summed E-state index contributed by atoms with van der Waals surface area (Å²) in [6, 6.07) is 2.32. The minimum absolute atomic E-state index is 0.0618. The summed E-state index contributed by atoms with van der Waals surface area (Å²) in [7, 11) is 0. The Morgan fingerprint density at radius 1 is 1.25 bits per heavy atom. The molecule has 1 atom stereocenters. The quantitative estimate of drug-likeness (QED) is 0.572. The largest absolute Gasteiger partial charge is 0.317 e. The highest BCUT2D eigenvalue weighted by atomic mass is 32.1. The molecule has 0 fully saturated rings. The maximum Gasteiger partial charge on any atom is 0.225 e. The van der Waals surface area contributed by atoms with Gasteiger partial charge in [-0.3, -0.25) is 4.79 Å². The lowest BCUT2D eigenvalue weighted by Gasteiger charge is -2.17. The Morgan fingerprint density at radius 2 is 1.96 bits per heavy atom. The Balaban J connectivity index is 1.79. The van der Waals surface area contributed by atoms with Crippen molar-refractivity contribution in [2.75, 3.05) is 5.32 Å². The lowest BCUT2D eigenvalue weighted by atomic mass is 9.88. The molecule has 1 aromatic heterocycles. The summed E-state index contributed by atoms with van der Waals surface area (Å²) in [5, 5.41) is 13.2. The molecule has 4 heteroatoms. The first-order chi connectivity index (χ1) is 11.7. The maximum atomic E-state index is 12.2. The van der Waals surface area contributed by atoms with Crippen LogP contribution in [0.3, 0.4) is 0 Å². The van der Waals surface area contributed by atoms with Gasteiger partial charge in [0.2, 0.25) is 5.91 Å². The number of hydrogen-bond donors (Lipinski definition) is 1. The molecule has 24 heavy (non-hydrogen) atoms. The molecule has 0 radical (unpaired) electrons. The van der Waals surface area contributed by atoms with Gasteiger partial charge in [-0.1, -0.05) is 52.4 Å². The standard InChI is InChI=1S/C20H30N2OS/c1-3-4-5-6-7-8-9-10-19(23)22-20-17(14-21)16-12-11-15(2)13-18(16)24-20/h15H,3-13H2,1-2H3,(H,22,23)/t15-/m0/s1. The molecule has 132 valence electrons. The smallest absolute Gasteiger partial charge is 0.225 e. The Bertz CT molecular complexity index is 585. The summed E-state index contributed by atoms with van der Waals surface area (Å²) in [6.07, 6.45) is 12.2. The van der Waals surface area contributed by atoms with E-state index in [1.54, 1.807) is 11.3 Å². The summed E-state index contributed by atoms with van der Waals surface area (Å²) in [6.45, 7) is 4.48. The normalized spacial score (nSPS) is 16.5. The molecular weight excluding hydrogens is 316 g/mol. The summed E-state index contributed by atoms with van der Waals surface area (Å²) < 4.78 is 0. The minimum atomic E-state index is 0.0618. The first-order valence-electron chi connectivity index (χ1n) is 9.50. The van der Waals surface area contributed by atoms with E-state index in [2.05, 4.69) is 25.2 Å². The van der Waals surface area contributed by atoms with Crippen molar-refractivity contribution >= 4 is 22.2 Å². The Morgan fingerprint density at radius 3 is 2.67 bits per heavy atom. The molecule has 3 nitrogen and oxygen atoms in total. The van der Waals surface area contributed by atoms with Gasteiger partial charge in [0.05, 0.1) is 5.56 Å². The second-order valence-electron chi connectivity index (χ2n) is 7.09. The first-order valence-corrected chi connectivity index (χ1v) is 10.3. The van der Waals surface area contributed by atoms with Crippen molar-refractivity contribution in [1.29, 1.82) is 5.26 Å². The average Bonchev–Trinajstić information content (AvgIpc) is 2.89. The molecule has 1 amide bonds. The Kier molecular flexibility index (Phi) is 7.78. The molecule has 1 aromatic rings. The number of carbonyl (C=O) groups excluding carboxylic acids is 1. The third-order valence-electron chi connectivity index (χ3n) is 4.88. The van der Waals surface area contributed by atoms with Gasteiger partial charge in [0.1, 0.15) is 11.1 Å². The number of fused-ring (bicyclic) bond motifs is 1. The predicted octanol–water partition coefficient (Wildman–Crippen LogP) is 5.82. The number of hydrogen-bond acceptors (Lipinski definition) is 3. The van der Waals surface area contributed by atoms with Gasteiger partial charge < -0.3 is 5.32 Å². The van der Waals surface area contributed by atoms with Crippen molar-refractivity contribution < 1.29 is 4.79 Å². The fraction of sp³-hybridized carbons (Fsp3) is 0.700. The Labute approximate surface area is 150 Å². The molecule has 0 saturated carbocycles. The van der Waals surface area contributed by atoms with Gasteiger partial charge in [-0.25, -0.2) is 0 Å². The van der Waals surface area contributed by atoms with Crippen molar-refractivity contribution in [3.05, 3.63) is 16.0 Å². The van der Waals surface area contributed by atoms with E-state index in [-0.39, 0.29) is 5.91 Å². The minimum Gasteiger partial charge on any atom is -0.317 e. The van der Waals surface area contributed by atoms with Crippen molar-refractivity contribution in [3.8, 4) is 6.07 Å². The molecule has 0 bridgehead atoms. The lowest BCUT2D eigenvalue weighted by Crippen LogP contribution is -2.11. The third kappa shape index (κ3) is 5.34. The molecule has 0 aliphatic heterocycles.